The molecule has 1 N–H and O–H groups in total. The zero-order chi connectivity index (χ0) is 23.0. The fourth-order valence-corrected chi connectivity index (χ4v) is 4.42. The fourth-order valence-electron chi connectivity index (χ4n) is 4.42. The van der Waals surface area contributed by atoms with Gasteiger partial charge in [0.1, 0.15) is 11.4 Å². The lowest BCUT2D eigenvalue weighted by Crippen LogP contribution is -2.38. The molecule has 0 radical (unpaired) electrons. The molecule has 1 saturated carbocycles. The highest BCUT2D eigenvalue weighted by molar-refractivity contribution is 5.93. The van der Waals surface area contributed by atoms with E-state index < -0.39 is 5.60 Å². The average molecular weight is 440 g/mol. The minimum Gasteiger partial charge on any atom is -0.465 e. The number of aromatic nitrogens is 2. The van der Waals surface area contributed by atoms with Crippen molar-refractivity contribution in [1.29, 1.82) is 0 Å². The number of carbonyl (C=O) groups excluding carboxylic acids is 2. The molecule has 32 heavy (non-hydrogen) atoms. The number of imidazole rings is 1. The second-order valence-electron chi connectivity index (χ2n) is 9.85. The van der Waals surface area contributed by atoms with Gasteiger partial charge in [0.25, 0.3) is 0 Å². The van der Waals surface area contributed by atoms with Crippen LogP contribution in [0.3, 0.4) is 0 Å². The molecule has 7 heteroatoms. The maximum Gasteiger partial charge on any atom is 0.410 e. The number of aryl methyl sites for hydroxylation is 1. The summed E-state index contributed by atoms with van der Waals surface area (Å²) in [6.45, 7) is 8.75. The zero-order valence-electron chi connectivity index (χ0n) is 19.7. The average Bonchev–Trinajstić information content (AvgIpc) is 2.97. The number of benzene rings is 1. The summed E-state index contributed by atoms with van der Waals surface area (Å²) >= 11 is 0. The first-order chi connectivity index (χ1) is 15.2. The zero-order valence-corrected chi connectivity index (χ0v) is 19.7. The van der Waals surface area contributed by atoms with Gasteiger partial charge in [-0.25, -0.2) is 14.6 Å². The normalized spacial score (nSPS) is 16.7. The molecule has 2 heterocycles. The molecule has 7 nitrogen and oxygen atoms in total. The van der Waals surface area contributed by atoms with Crippen LogP contribution in [0.1, 0.15) is 78.8 Å². The topological polar surface area (TPSA) is 84.5 Å². The summed E-state index contributed by atoms with van der Waals surface area (Å²) in [7, 11) is 1.41. The number of nitrogens with one attached hydrogen (secondary N) is 1. The first-order valence-corrected chi connectivity index (χ1v) is 11.4. The van der Waals surface area contributed by atoms with Crippen LogP contribution in [0.25, 0.3) is 11.4 Å². The van der Waals surface area contributed by atoms with Crippen LogP contribution in [0, 0.1) is 6.92 Å². The van der Waals surface area contributed by atoms with Crippen LogP contribution >= 0.6 is 0 Å². The molecule has 1 aromatic heterocycles. The van der Waals surface area contributed by atoms with Crippen molar-refractivity contribution in [3.63, 3.8) is 0 Å². The molecule has 0 atom stereocenters. The summed E-state index contributed by atoms with van der Waals surface area (Å²) in [5.41, 5.74) is 5.26. The number of H-pyrrole nitrogens is 1. The second kappa shape index (κ2) is 8.60. The lowest BCUT2D eigenvalue weighted by molar-refractivity contribution is 0.0258. The third-order valence-corrected chi connectivity index (χ3v) is 6.37. The molecule has 0 saturated heterocycles. The highest BCUT2D eigenvalue weighted by Crippen LogP contribution is 2.42. The minimum absolute atomic E-state index is 0.281. The monoisotopic (exact) mass is 439 g/mol. The lowest BCUT2D eigenvalue weighted by Gasteiger charge is -2.28. The van der Waals surface area contributed by atoms with E-state index in [0.717, 1.165) is 41.2 Å². The number of methoxy groups -OCH3 is 1. The van der Waals surface area contributed by atoms with Gasteiger partial charge in [0.05, 0.1) is 18.4 Å². The van der Waals surface area contributed by atoms with Gasteiger partial charge in [0.2, 0.25) is 0 Å². The molecule has 2 aliphatic rings. The Balaban J connectivity index is 1.62. The number of ether oxygens (including phenoxy) is 2. The Morgan fingerprint density at radius 3 is 2.50 bits per heavy atom. The van der Waals surface area contributed by atoms with Gasteiger partial charge in [-0.1, -0.05) is 12.5 Å². The van der Waals surface area contributed by atoms with Crippen molar-refractivity contribution < 1.29 is 19.1 Å². The van der Waals surface area contributed by atoms with E-state index in [4.69, 9.17) is 14.5 Å². The van der Waals surface area contributed by atoms with Gasteiger partial charge in [-0.2, -0.15) is 0 Å². The molecule has 0 unspecified atom stereocenters. The number of nitrogens with zero attached hydrogens (tertiary/aromatic N) is 2. The van der Waals surface area contributed by atoms with Crippen LogP contribution in [0.2, 0.25) is 0 Å². The second-order valence-corrected chi connectivity index (χ2v) is 9.85. The molecule has 172 valence electrons. The standard InChI is InChI=1S/C25H33N3O4/c1-15-13-18(16-7-6-8-16)19(14-17(15)23(29)31-5)22-26-20-9-11-28(12-10-21(20)27-22)24(30)32-25(2,3)4/h13-14,16H,6-12H2,1-5H3,(H,26,27). The Bertz CT molecular complexity index is 1010. The number of carbonyl (C=O) groups is 2. The summed E-state index contributed by atoms with van der Waals surface area (Å²) in [5.74, 6) is 0.973. The highest BCUT2D eigenvalue weighted by atomic mass is 16.6. The summed E-state index contributed by atoms with van der Waals surface area (Å²) in [5, 5.41) is 0. The predicted octanol–water partition coefficient (Wildman–Crippen LogP) is 4.77. The minimum atomic E-state index is -0.510. The number of hydrogen-bond donors (Lipinski definition) is 1. The Morgan fingerprint density at radius 1 is 1.16 bits per heavy atom. The lowest BCUT2D eigenvalue weighted by atomic mass is 9.77. The Labute approximate surface area is 189 Å². The number of fused-ring (bicyclic) bond motifs is 1. The van der Waals surface area contributed by atoms with Gasteiger partial charge < -0.3 is 19.4 Å². The van der Waals surface area contributed by atoms with Gasteiger partial charge in [-0.3, -0.25) is 0 Å². The van der Waals surface area contributed by atoms with Crippen molar-refractivity contribution in [1.82, 2.24) is 14.9 Å². The first-order valence-electron chi connectivity index (χ1n) is 11.4. The summed E-state index contributed by atoms with van der Waals surface area (Å²) in [6, 6.07) is 4.06. The van der Waals surface area contributed by atoms with E-state index >= 15 is 0 Å². The van der Waals surface area contributed by atoms with E-state index in [1.807, 2.05) is 33.8 Å². The van der Waals surface area contributed by atoms with Crippen LogP contribution in [-0.4, -0.2) is 52.7 Å². The molecule has 0 spiro atoms. The Hall–Kier alpha value is -2.83. The molecule has 4 rings (SSSR count). The molecular weight excluding hydrogens is 406 g/mol. The molecule has 1 amide bonds. The van der Waals surface area contributed by atoms with Crippen LogP contribution in [0.4, 0.5) is 4.79 Å². The molecule has 1 aliphatic heterocycles. The first kappa shape index (κ1) is 22.4. The number of hydrogen-bond acceptors (Lipinski definition) is 5. The van der Waals surface area contributed by atoms with Crippen LogP contribution in [0.5, 0.6) is 0 Å². The molecule has 1 aromatic carbocycles. The van der Waals surface area contributed by atoms with Crippen molar-refractivity contribution in [3.8, 4) is 11.4 Å². The van der Waals surface area contributed by atoms with Crippen molar-refractivity contribution in [2.24, 2.45) is 0 Å². The Morgan fingerprint density at radius 2 is 1.88 bits per heavy atom. The maximum absolute atomic E-state index is 12.5. The Kier molecular flexibility index (Phi) is 6.01. The van der Waals surface area contributed by atoms with Crippen molar-refractivity contribution in [3.05, 3.63) is 40.2 Å². The van der Waals surface area contributed by atoms with Crippen molar-refractivity contribution in [2.75, 3.05) is 20.2 Å². The summed E-state index contributed by atoms with van der Waals surface area (Å²) in [6.07, 6.45) is 4.63. The number of rotatable bonds is 3. The number of aromatic amines is 1. The maximum atomic E-state index is 12.5. The van der Waals surface area contributed by atoms with Gasteiger partial charge in [0.15, 0.2) is 0 Å². The van der Waals surface area contributed by atoms with E-state index in [-0.39, 0.29) is 12.1 Å². The molecule has 2 aromatic rings. The molecular formula is C25H33N3O4. The third-order valence-electron chi connectivity index (χ3n) is 6.37. The molecule has 1 fully saturated rings. The van der Waals surface area contributed by atoms with Gasteiger partial charge in [-0.15, -0.1) is 0 Å². The SMILES string of the molecule is COC(=O)c1cc(-c2nc3c([nH]2)CCN(C(=O)OC(C)(C)C)CC3)c(C2CCC2)cc1C. The summed E-state index contributed by atoms with van der Waals surface area (Å²) in [4.78, 5) is 35.0. The molecule has 1 aliphatic carbocycles. The van der Waals surface area contributed by atoms with Gasteiger partial charge >= 0.3 is 12.1 Å². The molecule has 0 bridgehead atoms. The highest BCUT2D eigenvalue weighted by Gasteiger charge is 2.29. The van der Waals surface area contributed by atoms with Crippen LogP contribution in [0.15, 0.2) is 12.1 Å². The van der Waals surface area contributed by atoms with E-state index in [9.17, 15) is 9.59 Å². The van der Waals surface area contributed by atoms with E-state index in [1.54, 1.807) is 4.90 Å². The number of esters is 1. The quantitative estimate of drug-likeness (QED) is 0.696. The van der Waals surface area contributed by atoms with Crippen molar-refractivity contribution in [2.45, 2.75) is 71.3 Å². The smallest absolute Gasteiger partial charge is 0.410 e. The summed E-state index contributed by atoms with van der Waals surface area (Å²) < 4.78 is 10.5. The van der Waals surface area contributed by atoms with Gasteiger partial charge in [0, 0.05) is 37.2 Å². The number of amides is 1. The van der Waals surface area contributed by atoms with E-state index in [0.29, 0.717) is 37.4 Å². The van der Waals surface area contributed by atoms with Gasteiger partial charge in [-0.05, 0) is 63.6 Å². The third kappa shape index (κ3) is 4.52. The van der Waals surface area contributed by atoms with E-state index in [2.05, 4.69) is 11.1 Å². The largest absolute Gasteiger partial charge is 0.465 e. The predicted molar refractivity (Wildman–Crippen MR) is 122 cm³/mol. The van der Waals surface area contributed by atoms with E-state index in [1.165, 1.54) is 19.1 Å². The fraction of sp³-hybridized carbons (Fsp3) is 0.560. The van der Waals surface area contributed by atoms with Crippen LogP contribution < -0.4 is 0 Å². The van der Waals surface area contributed by atoms with Crippen LogP contribution in [-0.2, 0) is 22.3 Å². The van der Waals surface area contributed by atoms with Crippen molar-refractivity contribution >= 4 is 12.1 Å².